The maximum Gasteiger partial charge on any atom is 0.349 e. The van der Waals surface area contributed by atoms with Gasteiger partial charge in [0.2, 0.25) is 0 Å². The second kappa shape index (κ2) is 5.46. The average molecular weight is 256 g/mol. The highest BCUT2D eigenvalue weighted by Gasteiger charge is 2.20. The molecule has 1 aliphatic rings. The maximum atomic E-state index is 11.3. The standard InChI is InChI=1S/C11H16N2O3S/c1-13(7-8-4-3-5-16-8)11-12-6-9(17-11)10(14)15-2/h6,8H,3-5,7H2,1-2H3. The van der Waals surface area contributed by atoms with Crippen molar-refractivity contribution >= 4 is 22.4 Å². The lowest BCUT2D eigenvalue weighted by atomic mass is 10.2. The summed E-state index contributed by atoms with van der Waals surface area (Å²) in [6.45, 7) is 1.66. The van der Waals surface area contributed by atoms with Gasteiger partial charge in [-0.05, 0) is 12.8 Å². The van der Waals surface area contributed by atoms with Crippen molar-refractivity contribution in [3.05, 3.63) is 11.1 Å². The number of carbonyl (C=O) groups is 1. The van der Waals surface area contributed by atoms with Crippen molar-refractivity contribution in [2.45, 2.75) is 18.9 Å². The van der Waals surface area contributed by atoms with E-state index in [2.05, 4.69) is 9.72 Å². The number of thiazole rings is 1. The van der Waals surface area contributed by atoms with Gasteiger partial charge in [-0.25, -0.2) is 9.78 Å². The van der Waals surface area contributed by atoms with Crippen LogP contribution in [-0.2, 0) is 9.47 Å². The van der Waals surface area contributed by atoms with E-state index >= 15 is 0 Å². The van der Waals surface area contributed by atoms with E-state index in [1.54, 1.807) is 6.20 Å². The number of esters is 1. The number of ether oxygens (including phenoxy) is 2. The second-order valence-corrected chi connectivity index (χ2v) is 5.02. The molecule has 0 aliphatic carbocycles. The van der Waals surface area contributed by atoms with Crippen molar-refractivity contribution in [3.8, 4) is 0 Å². The fourth-order valence-corrected chi connectivity index (χ4v) is 2.61. The Hall–Kier alpha value is -1.14. The number of rotatable bonds is 4. The van der Waals surface area contributed by atoms with Crippen molar-refractivity contribution in [2.24, 2.45) is 0 Å². The first-order valence-electron chi connectivity index (χ1n) is 5.57. The van der Waals surface area contributed by atoms with E-state index in [4.69, 9.17) is 4.74 Å². The summed E-state index contributed by atoms with van der Waals surface area (Å²) in [6.07, 6.45) is 4.06. The van der Waals surface area contributed by atoms with Gasteiger partial charge >= 0.3 is 5.97 Å². The number of methoxy groups -OCH3 is 1. The summed E-state index contributed by atoms with van der Waals surface area (Å²) in [5.41, 5.74) is 0. The SMILES string of the molecule is COC(=O)c1cnc(N(C)CC2CCCO2)s1. The average Bonchev–Trinajstić information content (AvgIpc) is 2.98. The van der Waals surface area contributed by atoms with Crippen LogP contribution in [0.2, 0.25) is 0 Å². The molecule has 1 fully saturated rings. The van der Waals surface area contributed by atoms with Crippen LogP contribution in [0, 0.1) is 0 Å². The number of hydrogen-bond acceptors (Lipinski definition) is 6. The predicted molar refractivity (Wildman–Crippen MR) is 65.7 cm³/mol. The van der Waals surface area contributed by atoms with E-state index in [0.29, 0.717) is 4.88 Å². The van der Waals surface area contributed by atoms with E-state index in [-0.39, 0.29) is 12.1 Å². The third-order valence-corrected chi connectivity index (χ3v) is 3.80. The van der Waals surface area contributed by atoms with Gasteiger partial charge in [-0.15, -0.1) is 0 Å². The first-order valence-corrected chi connectivity index (χ1v) is 6.39. The normalized spacial score (nSPS) is 19.3. The van der Waals surface area contributed by atoms with Crippen molar-refractivity contribution < 1.29 is 14.3 Å². The van der Waals surface area contributed by atoms with Gasteiger partial charge in [-0.3, -0.25) is 0 Å². The lowest BCUT2D eigenvalue weighted by molar-refractivity contribution is 0.0606. The van der Waals surface area contributed by atoms with Crippen molar-refractivity contribution in [1.29, 1.82) is 0 Å². The number of anilines is 1. The molecule has 5 nitrogen and oxygen atoms in total. The largest absolute Gasteiger partial charge is 0.465 e. The van der Waals surface area contributed by atoms with Crippen molar-refractivity contribution in [2.75, 3.05) is 32.2 Å². The fraction of sp³-hybridized carbons (Fsp3) is 0.636. The van der Waals surface area contributed by atoms with Gasteiger partial charge < -0.3 is 14.4 Å². The Bertz CT molecular complexity index is 388. The van der Waals surface area contributed by atoms with Crippen LogP contribution in [0.4, 0.5) is 5.13 Å². The molecule has 6 heteroatoms. The molecule has 94 valence electrons. The van der Waals surface area contributed by atoms with E-state index in [1.165, 1.54) is 18.4 Å². The number of likely N-dealkylation sites (N-methyl/N-ethyl adjacent to an activating group) is 1. The zero-order valence-electron chi connectivity index (χ0n) is 10.0. The lowest BCUT2D eigenvalue weighted by Gasteiger charge is -2.19. The van der Waals surface area contributed by atoms with E-state index < -0.39 is 0 Å². The van der Waals surface area contributed by atoms with Crippen LogP contribution in [0.15, 0.2) is 6.20 Å². The van der Waals surface area contributed by atoms with Gasteiger partial charge in [0.15, 0.2) is 5.13 Å². The molecule has 2 heterocycles. The highest BCUT2D eigenvalue weighted by Crippen LogP contribution is 2.23. The summed E-state index contributed by atoms with van der Waals surface area (Å²) in [6, 6.07) is 0. The summed E-state index contributed by atoms with van der Waals surface area (Å²) in [4.78, 5) is 18.1. The lowest BCUT2D eigenvalue weighted by Crippen LogP contribution is -2.28. The first-order chi connectivity index (χ1) is 8.20. The fourth-order valence-electron chi connectivity index (χ4n) is 1.81. The van der Waals surface area contributed by atoms with E-state index in [1.807, 2.05) is 11.9 Å². The molecule has 0 spiro atoms. The number of nitrogens with zero attached hydrogens (tertiary/aromatic N) is 2. The Labute approximate surface area is 104 Å². The minimum atomic E-state index is -0.334. The first kappa shape index (κ1) is 12.3. The zero-order chi connectivity index (χ0) is 12.3. The summed E-state index contributed by atoms with van der Waals surface area (Å²) < 4.78 is 10.2. The topological polar surface area (TPSA) is 51.7 Å². The van der Waals surface area contributed by atoms with Gasteiger partial charge in [0, 0.05) is 20.2 Å². The zero-order valence-corrected chi connectivity index (χ0v) is 10.8. The predicted octanol–water partition coefficient (Wildman–Crippen LogP) is 1.54. The molecular weight excluding hydrogens is 240 g/mol. The number of hydrogen-bond donors (Lipinski definition) is 0. The Morgan fingerprint density at radius 2 is 2.59 bits per heavy atom. The van der Waals surface area contributed by atoms with Crippen LogP contribution in [0.5, 0.6) is 0 Å². The third-order valence-electron chi connectivity index (χ3n) is 2.71. The minimum absolute atomic E-state index is 0.283. The third kappa shape index (κ3) is 2.95. The van der Waals surface area contributed by atoms with Crippen LogP contribution < -0.4 is 4.90 Å². The van der Waals surface area contributed by atoms with Gasteiger partial charge in [0.1, 0.15) is 4.88 Å². The van der Waals surface area contributed by atoms with Gasteiger partial charge in [-0.1, -0.05) is 11.3 Å². The highest BCUT2D eigenvalue weighted by molar-refractivity contribution is 7.17. The van der Waals surface area contributed by atoms with Crippen LogP contribution in [0.1, 0.15) is 22.5 Å². The molecule has 0 N–H and O–H groups in total. The summed E-state index contributed by atoms with van der Waals surface area (Å²) in [5, 5.41) is 0.820. The smallest absolute Gasteiger partial charge is 0.349 e. The molecule has 1 aromatic rings. The molecular formula is C11H16N2O3S. The van der Waals surface area contributed by atoms with E-state index in [0.717, 1.165) is 31.1 Å². The molecule has 1 unspecified atom stereocenters. The molecule has 1 aromatic heterocycles. The Morgan fingerprint density at radius 3 is 3.24 bits per heavy atom. The van der Waals surface area contributed by atoms with Crippen LogP contribution in [0.3, 0.4) is 0 Å². The maximum absolute atomic E-state index is 11.3. The summed E-state index contributed by atoms with van der Waals surface area (Å²) in [5.74, 6) is -0.334. The molecule has 1 atom stereocenters. The molecule has 0 bridgehead atoms. The van der Waals surface area contributed by atoms with Gasteiger partial charge in [0.25, 0.3) is 0 Å². The Balaban J connectivity index is 1.96. The van der Waals surface area contributed by atoms with E-state index in [9.17, 15) is 4.79 Å². The highest BCUT2D eigenvalue weighted by atomic mass is 32.1. The second-order valence-electron chi connectivity index (χ2n) is 4.01. The minimum Gasteiger partial charge on any atom is -0.465 e. The molecule has 0 saturated carbocycles. The summed E-state index contributed by atoms with van der Waals surface area (Å²) in [7, 11) is 3.33. The molecule has 0 amide bonds. The quantitative estimate of drug-likeness (QED) is 0.765. The molecule has 2 rings (SSSR count). The Morgan fingerprint density at radius 1 is 1.76 bits per heavy atom. The number of carbonyl (C=O) groups excluding carboxylic acids is 1. The van der Waals surface area contributed by atoms with Gasteiger partial charge in [-0.2, -0.15) is 0 Å². The monoisotopic (exact) mass is 256 g/mol. The van der Waals surface area contributed by atoms with Crippen molar-refractivity contribution in [1.82, 2.24) is 4.98 Å². The van der Waals surface area contributed by atoms with Crippen molar-refractivity contribution in [3.63, 3.8) is 0 Å². The molecule has 0 aromatic carbocycles. The Kier molecular flexibility index (Phi) is 3.96. The van der Waals surface area contributed by atoms with Gasteiger partial charge in [0.05, 0.1) is 19.4 Å². The molecule has 17 heavy (non-hydrogen) atoms. The van der Waals surface area contributed by atoms with Crippen LogP contribution in [0.25, 0.3) is 0 Å². The molecule has 0 radical (unpaired) electrons. The number of aromatic nitrogens is 1. The van der Waals surface area contributed by atoms with Crippen LogP contribution in [-0.4, -0.2) is 44.4 Å². The molecule has 1 aliphatic heterocycles. The molecule has 1 saturated heterocycles. The van der Waals surface area contributed by atoms with Crippen LogP contribution >= 0.6 is 11.3 Å². The summed E-state index contributed by atoms with van der Waals surface area (Å²) >= 11 is 1.34.